The Morgan fingerprint density at radius 3 is 2.35 bits per heavy atom. The average molecular weight is 544 g/mol. The number of benzene rings is 3. The van der Waals surface area contributed by atoms with Crippen LogP contribution in [0, 0.1) is 6.92 Å². The second-order valence-corrected chi connectivity index (χ2v) is 9.57. The van der Waals surface area contributed by atoms with E-state index in [1.807, 2.05) is 31.2 Å². The molecule has 0 amide bonds. The van der Waals surface area contributed by atoms with Crippen LogP contribution in [0.2, 0.25) is 0 Å². The summed E-state index contributed by atoms with van der Waals surface area (Å²) in [6.45, 7) is 7.72. The maximum atomic E-state index is 13.7. The second kappa shape index (κ2) is 12.0. The standard InChI is InChI=1S/C31H33N3O6/c1-18(2)23-16-24(19(3)14-27(23)37-5)29-33-25-11-9-8-10-22(25)30(35)34(29)32-17-21-12-13-26(28(15-21)38-6)40-20(4)31(36)39-7/h8-18,20H,1-7H3/t20-/m1/s1. The van der Waals surface area contributed by atoms with Gasteiger partial charge in [-0.3, -0.25) is 4.79 Å². The monoisotopic (exact) mass is 543 g/mol. The fourth-order valence-corrected chi connectivity index (χ4v) is 4.36. The molecule has 0 saturated heterocycles. The van der Waals surface area contributed by atoms with Gasteiger partial charge >= 0.3 is 5.97 Å². The molecule has 0 spiro atoms. The van der Waals surface area contributed by atoms with Gasteiger partial charge in [0.2, 0.25) is 0 Å². The molecule has 4 rings (SSSR count). The van der Waals surface area contributed by atoms with Crippen molar-refractivity contribution in [1.29, 1.82) is 0 Å². The van der Waals surface area contributed by atoms with Crippen molar-refractivity contribution in [2.24, 2.45) is 5.10 Å². The van der Waals surface area contributed by atoms with E-state index in [0.717, 1.165) is 22.4 Å². The number of hydrogen-bond acceptors (Lipinski definition) is 8. The van der Waals surface area contributed by atoms with Gasteiger partial charge in [0.1, 0.15) is 5.75 Å². The zero-order chi connectivity index (χ0) is 29.0. The predicted molar refractivity (Wildman–Crippen MR) is 155 cm³/mol. The topological polar surface area (TPSA) is 101 Å². The zero-order valence-corrected chi connectivity index (χ0v) is 23.7. The molecule has 9 heteroatoms. The van der Waals surface area contributed by atoms with Crippen LogP contribution in [-0.4, -0.2) is 49.3 Å². The first-order valence-corrected chi connectivity index (χ1v) is 12.9. The Hall–Kier alpha value is -4.66. The Morgan fingerprint density at radius 2 is 1.68 bits per heavy atom. The maximum Gasteiger partial charge on any atom is 0.346 e. The Bertz CT molecular complexity index is 1640. The predicted octanol–water partition coefficient (Wildman–Crippen LogP) is 5.34. The minimum absolute atomic E-state index is 0.188. The van der Waals surface area contributed by atoms with E-state index in [1.54, 1.807) is 50.6 Å². The van der Waals surface area contributed by atoms with E-state index in [2.05, 4.69) is 18.9 Å². The minimum atomic E-state index is -0.813. The average Bonchev–Trinajstić information content (AvgIpc) is 2.96. The van der Waals surface area contributed by atoms with Crippen molar-refractivity contribution >= 4 is 23.1 Å². The number of carbonyl (C=O) groups excluding carboxylic acids is 1. The van der Waals surface area contributed by atoms with Crippen LogP contribution in [0.4, 0.5) is 0 Å². The quantitative estimate of drug-likeness (QED) is 0.208. The molecule has 0 aliphatic heterocycles. The molecule has 208 valence electrons. The van der Waals surface area contributed by atoms with Crippen LogP contribution in [0.5, 0.6) is 17.2 Å². The number of rotatable bonds is 9. The highest BCUT2D eigenvalue weighted by Gasteiger charge is 2.19. The summed E-state index contributed by atoms with van der Waals surface area (Å²) in [5.74, 6) is 1.66. The molecule has 0 saturated carbocycles. The Kier molecular flexibility index (Phi) is 8.52. The Labute approximate surface area is 233 Å². The maximum absolute atomic E-state index is 13.7. The first kappa shape index (κ1) is 28.4. The number of hydrogen-bond donors (Lipinski definition) is 0. The molecule has 1 atom stereocenters. The number of ether oxygens (including phenoxy) is 4. The van der Waals surface area contributed by atoms with Crippen molar-refractivity contribution in [2.75, 3.05) is 21.3 Å². The van der Waals surface area contributed by atoms with Gasteiger partial charge in [-0.25, -0.2) is 9.78 Å². The summed E-state index contributed by atoms with van der Waals surface area (Å²) in [5, 5.41) is 5.04. The third-order valence-corrected chi connectivity index (χ3v) is 6.54. The molecule has 3 aromatic carbocycles. The molecule has 40 heavy (non-hydrogen) atoms. The SMILES string of the molecule is COC(=O)[C@@H](C)Oc1ccc(C=Nn2c(-c3cc(C(C)C)c(OC)cc3C)nc3ccccc3c2=O)cc1OC. The first-order valence-electron chi connectivity index (χ1n) is 12.9. The highest BCUT2D eigenvalue weighted by molar-refractivity contribution is 5.83. The highest BCUT2D eigenvalue weighted by Crippen LogP contribution is 2.34. The molecule has 0 N–H and O–H groups in total. The molecule has 4 aromatic rings. The summed E-state index contributed by atoms with van der Waals surface area (Å²) in [5.41, 5.74) is 3.62. The van der Waals surface area contributed by atoms with Crippen LogP contribution in [0.1, 0.15) is 43.4 Å². The molecule has 0 unspecified atom stereocenters. The number of methoxy groups -OCH3 is 3. The number of nitrogens with zero attached hydrogens (tertiary/aromatic N) is 3. The van der Waals surface area contributed by atoms with E-state index in [-0.39, 0.29) is 11.5 Å². The number of fused-ring (bicyclic) bond motifs is 1. The molecular weight excluding hydrogens is 510 g/mol. The lowest BCUT2D eigenvalue weighted by molar-refractivity contribution is -0.147. The number of aryl methyl sites for hydroxylation is 1. The largest absolute Gasteiger partial charge is 0.496 e. The van der Waals surface area contributed by atoms with Gasteiger partial charge in [0, 0.05) is 5.56 Å². The molecule has 0 fully saturated rings. The summed E-state index contributed by atoms with van der Waals surface area (Å²) < 4.78 is 22.8. The Morgan fingerprint density at radius 1 is 0.950 bits per heavy atom. The Balaban J connectivity index is 1.84. The van der Waals surface area contributed by atoms with Crippen LogP contribution in [0.15, 0.2) is 64.5 Å². The number of para-hydroxylation sites is 1. The van der Waals surface area contributed by atoms with E-state index in [0.29, 0.717) is 33.8 Å². The van der Waals surface area contributed by atoms with Crippen LogP contribution < -0.4 is 19.8 Å². The molecule has 0 bridgehead atoms. The van der Waals surface area contributed by atoms with E-state index in [1.165, 1.54) is 18.9 Å². The summed E-state index contributed by atoms with van der Waals surface area (Å²) in [7, 11) is 4.45. The lowest BCUT2D eigenvalue weighted by atomic mass is 9.96. The number of carbonyl (C=O) groups is 1. The summed E-state index contributed by atoms with van der Waals surface area (Å²) in [6, 6.07) is 16.3. The van der Waals surface area contributed by atoms with E-state index in [4.69, 9.17) is 23.9 Å². The smallest absolute Gasteiger partial charge is 0.346 e. The van der Waals surface area contributed by atoms with Crippen molar-refractivity contribution in [3.63, 3.8) is 0 Å². The fourth-order valence-electron chi connectivity index (χ4n) is 4.36. The highest BCUT2D eigenvalue weighted by atomic mass is 16.6. The van der Waals surface area contributed by atoms with Crippen molar-refractivity contribution in [3.8, 4) is 28.6 Å². The van der Waals surface area contributed by atoms with Gasteiger partial charge in [-0.05, 0) is 78.9 Å². The van der Waals surface area contributed by atoms with E-state index in [9.17, 15) is 9.59 Å². The van der Waals surface area contributed by atoms with Crippen molar-refractivity contribution in [3.05, 3.63) is 81.6 Å². The summed E-state index contributed by atoms with van der Waals surface area (Å²) >= 11 is 0. The summed E-state index contributed by atoms with van der Waals surface area (Å²) in [4.78, 5) is 30.3. The molecule has 1 aromatic heterocycles. The number of aromatic nitrogens is 2. The summed E-state index contributed by atoms with van der Waals surface area (Å²) in [6.07, 6.45) is 0.742. The van der Waals surface area contributed by atoms with Crippen LogP contribution in [0.3, 0.4) is 0 Å². The third-order valence-electron chi connectivity index (χ3n) is 6.54. The molecule has 0 aliphatic carbocycles. The van der Waals surface area contributed by atoms with Gasteiger partial charge in [0.05, 0.1) is 38.4 Å². The van der Waals surface area contributed by atoms with Gasteiger partial charge in [0.15, 0.2) is 23.4 Å². The minimum Gasteiger partial charge on any atom is -0.496 e. The van der Waals surface area contributed by atoms with Crippen LogP contribution in [0.25, 0.3) is 22.3 Å². The zero-order valence-electron chi connectivity index (χ0n) is 23.7. The number of esters is 1. The second-order valence-electron chi connectivity index (χ2n) is 9.57. The van der Waals surface area contributed by atoms with Gasteiger partial charge < -0.3 is 18.9 Å². The van der Waals surface area contributed by atoms with Gasteiger partial charge in [-0.1, -0.05) is 26.0 Å². The normalized spacial score (nSPS) is 12.1. The first-order chi connectivity index (χ1) is 19.2. The van der Waals surface area contributed by atoms with Crippen molar-refractivity contribution in [2.45, 2.75) is 39.7 Å². The fraction of sp³-hybridized carbons (Fsp3) is 0.290. The van der Waals surface area contributed by atoms with Crippen molar-refractivity contribution < 1.29 is 23.7 Å². The lowest BCUT2D eigenvalue weighted by Crippen LogP contribution is -2.25. The lowest BCUT2D eigenvalue weighted by Gasteiger charge is -2.17. The van der Waals surface area contributed by atoms with E-state index < -0.39 is 12.1 Å². The molecule has 0 aliphatic rings. The van der Waals surface area contributed by atoms with Gasteiger partial charge in [-0.2, -0.15) is 9.78 Å². The van der Waals surface area contributed by atoms with E-state index >= 15 is 0 Å². The molecule has 9 nitrogen and oxygen atoms in total. The molecule has 1 heterocycles. The molecule has 0 radical (unpaired) electrons. The van der Waals surface area contributed by atoms with Gasteiger partial charge in [-0.15, -0.1) is 0 Å². The van der Waals surface area contributed by atoms with Crippen LogP contribution >= 0.6 is 0 Å². The third kappa shape index (κ3) is 5.68. The van der Waals surface area contributed by atoms with Gasteiger partial charge in [0.25, 0.3) is 5.56 Å². The van der Waals surface area contributed by atoms with Crippen LogP contribution in [-0.2, 0) is 9.53 Å². The molecular formula is C31H33N3O6. The van der Waals surface area contributed by atoms with Crippen molar-refractivity contribution in [1.82, 2.24) is 9.66 Å².